The summed E-state index contributed by atoms with van der Waals surface area (Å²) in [6, 6.07) is 67.5. The lowest BCUT2D eigenvalue weighted by Crippen LogP contribution is -2.09. The molecule has 0 radical (unpaired) electrons. The third-order valence-corrected chi connectivity index (χ3v) is 9.48. The van der Waals surface area contributed by atoms with Crippen molar-refractivity contribution in [3.63, 3.8) is 0 Å². The Morgan fingerprint density at radius 2 is 0.857 bits per heavy atom. The molecule has 0 aliphatic carbocycles. The highest BCUT2D eigenvalue weighted by Gasteiger charge is 2.15. The standard InChI is InChI=1S/C47H32N2/c1-2-12-40(13-3-1)49(42-26-23-38-31-37(19-20-39(38)32-42)36-18-17-33-10-4-5-11-35(33)30-36)41-24-21-34(22-25-41)43-27-28-46(47-16-8-9-29-48-47)45-15-7-6-14-44(43)45/h1-32H. The molecule has 0 N–H and O–H groups in total. The smallest absolute Gasteiger partial charge is 0.0708 e. The van der Waals surface area contributed by atoms with E-state index < -0.39 is 0 Å². The average molecular weight is 625 g/mol. The molecule has 1 heterocycles. The molecule has 0 atom stereocenters. The predicted molar refractivity (Wildman–Crippen MR) is 208 cm³/mol. The zero-order valence-corrected chi connectivity index (χ0v) is 26.9. The first-order valence-electron chi connectivity index (χ1n) is 16.7. The Balaban J connectivity index is 1.08. The molecular weight excluding hydrogens is 593 g/mol. The second kappa shape index (κ2) is 12.3. The number of pyridine rings is 1. The van der Waals surface area contributed by atoms with Crippen LogP contribution in [0, 0.1) is 0 Å². The number of benzene rings is 8. The number of nitrogens with zero attached hydrogens (tertiary/aromatic N) is 2. The molecule has 0 spiro atoms. The van der Waals surface area contributed by atoms with Gasteiger partial charge >= 0.3 is 0 Å². The largest absolute Gasteiger partial charge is 0.310 e. The minimum atomic E-state index is 0.986. The molecule has 49 heavy (non-hydrogen) atoms. The molecule has 0 amide bonds. The van der Waals surface area contributed by atoms with Gasteiger partial charge < -0.3 is 4.90 Å². The van der Waals surface area contributed by atoms with E-state index in [4.69, 9.17) is 0 Å². The van der Waals surface area contributed by atoms with Crippen molar-refractivity contribution in [1.29, 1.82) is 0 Å². The van der Waals surface area contributed by atoms with Crippen molar-refractivity contribution >= 4 is 49.4 Å². The topological polar surface area (TPSA) is 16.1 Å². The lowest BCUT2D eigenvalue weighted by atomic mass is 9.93. The maximum absolute atomic E-state index is 4.63. The van der Waals surface area contributed by atoms with Crippen molar-refractivity contribution in [1.82, 2.24) is 4.98 Å². The van der Waals surface area contributed by atoms with Crippen molar-refractivity contribution in [2.45, 2.75) is 0 Å². The highest BCUT2D eigenvalue weighted by molar-refractivity contribution is 6.04. The maximum Gasteiger partial charge on any atom is 0.0708 e. The number of hydrogen-bond donors (Lipinski definition) is 0. The van der Waals surface area contributed by atoms with E-state index in [0.717, 1.165) is 28.3 Å². The molecule has 2 heteroatoms. The second-order valence-corrected chi connectivity index (χ2v) is 12.4. The quantitative estimate of drug-likeness (QED) is 0.183. The van der Waals surface area contributed by atoms with Gasteiger partial charge in [0.1, 0.15) is 0 Å². The number of anilines is 3. The Bertz CT molecular complexity index is 2590. The number of fused-ring (bicyclic) bond motifs is 3. The van der Waals surface area contributed by atoms with Crippen LogP contribution in [0.25, 0.3) is 65.8 Å². The van der Waals surface area contributed by atoms with Gasteiger partial charge in [-0.1, -0.05) is 127 Å². The molecule has 2 nitrogen and oxygen atoms in total. The molecule has 0 saturated heterocycles. The van der Waals surface area contributed by atoms with Gasteiger partial charge in [0.05, 0.1) is 5.69 Å². The van der Waals surface area contributed by atoms with Gasteiger partial charge in [-0.25, -0.2) is 0 Å². The summed E-state index contributed by atoms with van der Waals surface area (Å²) in [5.41, 5.74) is 10.3. The van der Waals surface area contributed by atoms with Crippen molar-refractivity contribution in [2.75, 3.05) is 4.90 Å². The van der Waals surface area contributed by atoms with Crippen LogP contribution >= 0.6 is 0 Å². The summed E-state index contributed by atoms with van der Waals surface area (Å²) in [6.07, 6.45) is 1.86. The monoisotopic (exact) mass is 624 g/mol. The van der Waals surface area contributed by atoms with E-state index in [0.29, 0.717) is 0 Å². The zero-order valence-electron chi connectivity index (χ0n) is 26.9. The Morgan fingerprint density at radius 3 is 1.61 bits per heavy atom. The fraction of sp³-hybridized carbons (Fsp3) is 0. The second-order valence-electron chi connectivity index (χ2n) is 12.4. The van der Waals surface area contributed by atoms with E-state index in [2.05, 4.69) is 186 Å². The van der Waals surface area contributed by atoms with Crippen LogP contribution in [0.2, 0.25) is 0 Å². The molecule has 0 bridgehead atoms. The molecule has 8 aromatic carbocycles. The minimum absolute atomic E-state index is 0.986. The van der Waals surface area contributed by atoms with Crippen molar-refractivity contribution in [3.05, 3.63) is 194 Å². The van der Waals surface area contributed by atoms with E-state index >= 15 is 0 Å². The first-order valence-corrected chi connectivity index (χ1v) is 16.7. The molecule has 0 unspecified atom stereocenters. The fourth-order valence-corrected chi connectivity index (χ4v) is 7.03. The van der Waals surface area contributed by atoms with Crippen molar-refractivity contribution in [2.24, 2.45) is 0 Å². The average Bonchev–Trinajstić information content (AvgIpc) is 3.18. The van der Waals surface area contributed by atoms with Crippen LogP contribution in [0.5, 0.6) is 0 Å². The van der Waals surface area contributed by atoms with E-state index in [1.54, 1.807) is 0 Å². The van der Waals surface area contributed by atoms with Crippen molar-refractivity contribution in [3.8, 4) is 33.5 Å². The van der Waals surface area contributed by atoms with Crippen LogP contribution in [-0.4, -0.2) is 4.98 Å². The van der Waals surface area contributed by atoms with Crippen LogP contribution in [0.15, 0.2) is 194 Å². The van der Waals surface area contributed by atoms with Crippen LogP contribution in [0.1, 0.15) is 0 Å². The first-order chi connectivity index (χ1) is 24.3. The van der Waals surface area contributed by atoms with Gasteiger partial charge in [-0.2, -0.15) is 0 Å². The summed E-state index contributed by atoms with van der Waals surface area (Å²) in [7, 11) is 0. The van der Waals surface area contributed by atoms with Gasteiger partial charge in [0.15, 0.2) is 0 Å². The Labute approximate surface area is 286 Å². The summed E-state index contributed by atoms with van der Waals surface area (Å²) < 4.78 is 0. The molecule has 230 valence electrons. The summed E-state index contributed by atoms with van der Waals surface area (Å²) in [5, 5.41) is 7.37. The third-order valence-electron chi connectivity index (χ3n) is 9.48. The Morgan fingerprint density at radius 1 is 0.327 bits per heavy atom. The number of hydrogen-bond acceptors (Lipinski definition) is 2. The first kappa shape index (κ1) is 28.7. The van der Waals surface area contributed by atoms with Gasteiger partial charge in [-0.15, -0.1) is 0 Å². The minimum Gasteiger partial charge on any atom is -0.310 e. The maximum atomic E-state index is 4.63. The van der Waals surface area contributed by atoms with Gasteiger partial charge in [0.2, 0.25) is 0 Å². The molecule has 0 aliphatic heterocycles. The van der Waals surface area contributed by atoms with Crippen LogP contribution in [0.4, 0.5) is 17.1 Å². The highest BCUT2D eigenvalue weighted by Crippen LogP contribution is 2.40. The van der Waals surface area contributed by atoms with Gasteiger partial charge in [0, 0.05) is 28.8 Å². The van der Waals surface area contributed by atoms with E-state index in [9.17, 15) is 0 Å². The van der Waals surface area contributed by atoms with Crippen LogP contribution in [0.3, 0.4) is 0 Å². The van der Waals surface area contributed by atoms with E-state index in [1.165, 1.54) is 54.6 Å². The number of rotatable bonds is 6. The van der Waals surface area contributed by atoms with Crippen LogP contribution in [-0.2, 0) is 0 Å². The molecular formula is C47H32N2. The summed E-state index contributed by atoms with van der Waals surface area (Å²) >= 11 is 0. The fourth-order valence-electron chi connectivity index (χ4n) is 7.03. The van der Waals surface area contributed by atoms with E-state index in [-0.39, 0.29) is 0 Å². The molecule has 0 saturated carbocycles. The summed E-state index contributed by atoms with van der Waals surface area (Å²) in [5.74, 6) is 0. The Kier molecular flexibility index (Phi) is 7.18. The number of aromatic nitrogens is 1. The van der Waals surface area contributed by atoms with Crippen molar-refractivity contribution < 1.29 is 0 Å². The van der Waals surface area contributed by atoms with Crippen LogP contribution < -0.4 is 4.90 Å². The normalized spacial score (nSPS) is 11.3. The SMILES string of the molecule is c1ccc(N(c2ccc(-c3ccc(-c4ccccn4)c4ccccc34)cc2)c2ccc3cc(-c4ccc5ccccc5c4)ccc3c2)cc1. The van der Waals surface area contributed by atoms with Gasteiger partial charge in [-0.05, 0) is 115 Å². The zero-order chi connectivity index (χ0) is 32.6. The molecule has 1 aromatic heterocycles. The lowest BCUT2D eigenvalue weighted by molar-refractivity contribution is 1.29. The summed E-state index contributed by atoms with van der Waals surface area (Å²) in [6.45, 7) is 0. The Hall–Kier alpha value is -6.51. The third kappa shape index (κ3) is 5.40. The molecule has 9 rings (SSSR count). The summed E-state index contributed by atoms with van der Waals surface area (Å²) in [4.78, 5) is 6.97. The van der Waals surface area contributed by atoms with Gasteiger partial charge in [-0.3, -0.25) is 4.98 Å². The van der Waals surface area contributed by atoms with E-state index in [1.807, 2.05) is 18.3 Å². The lowest BCUT2D eigenvalue weighted by Gasteiger charge is -2.26. The molecule has 0 aliphatic rings. The predicted octanol–water partition coefficient (Wildman–Crippen LogP) is 13.0. The number of para-hydroxylation sites is 1. The highest BCUT2D eigenvalue weighted by atomic mass is 15.1. The molecule has 0 fully saturated rings. The molecule has 9 aromatic rings. The van der Waals surface area contributed by atoms with Gasteiger partial charge in [0.25, 0.3) is 0 Å².